The van der Waals surface area contributed by atoms with E-state index in [1.165, 1.54) is 18.4 Å². The average molecular weight is 388 g/mol. The van der Waals surface area contributed by atoms with Crippen molar-refractivity contribution in [3.8, 4) is 0 Å². The van der Waals surface area contributed by atoms with Crippen molar-refractivity contribution in [1.29, 1.82) is 0 Å². The van der Waals surface area contributed by atoms with Crippen LogP contribution in [0.15, 0.2) is 56.4 Å². The number of nitrogens with one attached hydrogen (secondary N) is 1. The molecule has 1 aromatic heterocycles. The summed E-state index contributed by atoms with van der Waals surface area (Å²) in [6.45, 7) is 1.61. The van der Waals surface area contributed by atoms with Gasteiger partial charge in [-0.3, -0.25) is 0 Å². The minimum atomic E-state index is -3.71. The van der Waals surface area contributed by atoms with Crippen molar-refractivity contribution >= 4 is 26.0 Å². The molecule has 0 aliphatic carbocycles. The van der Waals surface area contributed by atoms with Crippen molar-refractivity contribution in [2.45, 2.75) is 30.2 Å². The summed E-state index contributed by atoms with van der Waals surface area (Å²) in [5.74, 6) is 0.422. The smallest absolute Gasteiger partial charge is 0.240 e. The molecule has 2 aromatic rings. The SMILES string of the molecule is CC[C@@H](c1ccco1)[C@@H](CO)NS(=O)(=O)c1ccc(Br)cc1. The molecular formula is C15H18BrNO4S. The topological polar surface area (TPSA) is 79.5 Å². The van der Waals surface area contributed by atoms with Crippen LogP contribution in [0.25, 0.3) is 0 Å². The molecule has 0 amide bonds. The van der Waals surface area contributed by atoms with Gasteiger partial charge < -0.3 is 9.52 Å². The van der Waals surface area contributed by atoms with Crippen LogP contribution in [0.1, 0.15) is 25.0 Å². The molecule has 2 N–H and O–H groups in total. The Balaban J connectivity index is 2.23. The average Bonchev–Trinajstić information content (AvgIpc) is 3.01. The van der Waals surface area contributed by atoms with E-state index in [0.717, 1.165) is 4.47 Å². The largest absolute Gasteiger partial charge is 0.469 e. The fraction of sp³-hybridized carbons (Fsp3) is 0.333. The predicted octanol–water partition coefficient (Wildman–Crippen LogP) is 2.88. The number of hydrogen-bond donors (Lipinski definition) is 2. The van der Waals surface area contributed by atoms with Crippen molar-refractivity contribution in [1.82, 2.24) is 4.72 Å². The summed E-state index contributed by atoms with van der Waals surface area (Å²) in [7, 11) is -3.71. The Morgan fingerprint density at radius 2 is 1.95 bits per heavy atom. The Morgan fingerprint density at radius 3 is 2.45 bits per heavy atom. The zero-order valence-electron chi connectivity index (χ0n) is 12.1. The molecule has 1 heterocycles. The summed E-state index contributed by atoms with van der Waals surface area (Å²) in [5.41, 5.74) is 0. The van der Waals surface area contributed by atoms with Crippen LogP contribution in [-0.4, -0.2) is 26.2 Å². The standard InChI is InChI=1S/C15H18BrNO4S/c1-2-13(15-4-3-9-21-15)14(10-18)17-22(19,20)12-7-5-11(16)6-8-12/h3-9,13-14,17-18H,2,10H2,1H3/t13-,14-/m1/s1. The van der Waals surface area contributed by atoms with Gasteiger partial charge in [-0.25, -0.2) is 13.1 Å². The molecule has 0 radical (unpaired) electrons. The Kier molecular flexibility index (Phi) is 5.80. The maximum atomic E-state index is 12.4. The summed E-state index contributed by atoms with van der Waals surface area (Å²) in [4.78, 5) is 0.156. The summed E-state index contributed by atoms with van der Waals surface area (Å²) in [6.07, 6.45) is 2.18. The van der Waals surface area contributed by atoms with Crippen molar-refractivity contribution in [3.63, 3.8) is 0 Å². The van der Waals surface area contributed by atoms with Crippen LogP contribution >= 0.6 is 15.9 Å². The van der Waals surface area contributed by atoms with Gasteiger partial charge in [-0.2, -0.15) is 0 Å². The van der Waals surface area contributed by atoms with Gasteiger partial charge in [0.05, 0.1) is 23.8 Å². The third-order valence-electron chi connectivity index (χ3n) is 3.46. The lowest BCUT2D eigenvalue weighted by molar-refractivity contribution is 0.227. The van der Waals surface area contributed by atoms with E-state index < -0.39 is 16.1 Å². The second kappa shape index (κ2) is 7.41. The van der Waals surface area contributed by atoms with Crippen LogP contribution in [0.3, 0.4) is 0 Å². The zero-order chi connectivity index (χ0) is 16.2. The summed E-state index contributed by atoms with van der Waals surface area (Å²) in [5, 5.41) is 9.60. The lowest BCUT2D eigenvalue weighted by Gasteiger charge is -2.23. The maximum absolute atomic E-state index is 12.4. The summed E-state index contributed by atoms with van der Waals surface area (Å²) < 4.78 is 33.6. The highest BCUT2D eigenvalue weighted by molar-refractivity contribution is 9.10. The molecule has 0 bridgehead atoms. The maximum Gasteiger partial charge on any atom is 0.240 e. The minimum Gasteiger partial charge on any atom is -0.469 e. The molecule has 120 valence electrons. The number of aliphatic hydroxyl groups excluding tert-OH is 1. The van der Waals surface area contributed by atoms with Gasteiger partial charge in [-0.15, -0.1) is 0 Å². The molecule has 0 saturated carbocycles. The van der Waals surface area contributed by atoms with Gasteiger partial charge in [-0.05, 0) is 42.8 Å². The summed E-state index contributed by atoms with van der Waals surface area (Å²) >= 11 is 3.27. The first-order chi connectivity index (χ1) is 10.5. The molecule has 0 saturated heterocycles. The van der Waals surface area contributed by atoms with Gasteiger partial charge in [0.25, 0.3) is 0 Å². The Labute approximate surface area is 138 Å². The van der Waals surface area contributed by atoms with Crippen LogP contribution in [-0.2, 0) is 10.0 Å². The van der Waals surface area contributed by atoms with Gasteiger partial charge in [0.1, 0.15) is 5.76 Å². The normalized spacial score (nSPS) is 14.7. The Hall–Kier alpha value is -1.15. The van der Waals surface area contributed by atoms with Gasteiger partial charge in [-0.1, -0.05) is 22.9 Å². The lowest BCUT2D eigenvalue weighted by Crippen LogP contribution is -2.41. The lowest BCUT2D eigenvalue weighted by atomic mass is 9.95. The number of aliphatic hydroxyl groups is 1. The monoisotopic (exact) mass is 387 g/mol. The molecule has 22 heavy (non-hydrogen) atoms. The van der Waals surface area contributed by atoms with Crippen LogP contribution in [0.2, 0.25) is 0 Å². The van der Waals surface area contributed by atoms with Crippen molar-refractivity contribution < 1.29 is 17.9 Å². The third kappa shape index (κ3) is 3.98. The molecule has 0 aliphatic rings. The number of benzene rings is 1. The molecule has 0 aliphatic heterocycles. The van der Waals surface area contributed by atoms with E-state index in [2.05, 4.69) is 20.7 Å². The molecule has 2 rings (SSSR count). The highest BCUT2D eigenvalue weighted by atomic mass is 79.9. The fourth-order valence-electron chi connectivity index (χ4n) is 2.31. The third-order valence-corrected chi connectivity index (χ3v) is 5.50. The molecule has 0 fully saturated rings. The Morgan fingerprint density at radius 1 is 1.27 bits per heavy atom. The first-order valence-electron chi connectivity index (χ1n) is 6.90. The fourth-order valence-corrected chi connectivity index (χ4v) is 3.85. The van der Waals surface area contributed by atoms with Gasteiger partial charge in [0.15, 0.2) is 0 Å². The van der Waals surface area contributed by atoms with E-state index >= 15 is 0 Å². The van der Waals surface area contributed by atoms with Crippen LogP contribution in [0, 0.1) is 0 Å². The molecular weight excluding hydrogens is 370 g/mol. The molecule has 7 heteroatoms. The van der Waals surface area contributed by atoms with Gasteiger partial charge in [0.2, 0.25) is 10.0 Å². The first kappa shape index (κ1) is 17.2. The molecule has 2 atom stereocenters. The van der Waals surface area contributed by atoms with Crippen molar-refractivity contribution in [3.05, 3.63) is 52.9 Å². The minimum absolute atomic E-state index is 0.156. The summed E-state index contributed by atoms with van der Waals surface area (Å²) in [6, 6.07) is 9.22. The van der Waals surface area contributed by atoms with E-state index in [4.69, 9.17) is 4.42 Å². The number of sulfonamides is 1. The number of halogens is 1. The van der Waals surface area contributed by atoms with E-state index in [1.54, 1.807) is 24.3 Å². The van der Waals surface area contributed by atoms with Crippen LogP contribution in [0.4, 0.5) is 0 Å². The number of hydrogen-bond acceptors (Lipinski definition) is 4. The highest BCUT2D eigenvalue weighted by Gasteiger charge is 2.28. The van der Waals surface area contributed by atoms with Gasteiger partial charge in [0, 0.05) is 10.4 Å². The van der Waals surface area contributed by atoms with E-state index in [-0.39, 0.29) is 17.4 Å². The number of furan rings is 1. The second-order valence-corrected chi connectivity index (χ2v) is 7.52. The van der Waals surface area contributed by atoms with E-state index in [0.29, 0.717) is 12.2 Å². The number of rotatable bonds is 7. The van der Waals surface area contributed by atoms with E-state index in [1.807, 2.05) is 6.92 Å². The van der Waals surface area contributed by atoms with Crippen LogP contribution in [0.5, 0.6) is 0 Å². The van der Waals surface area contributed by atoms with Crippen LogP contribution < -0.4 is 4.72 Å². The first-order valence-corrected chi connectivity index (χ1v) is 9.17. The molecule has 1 aromatic carbocycles. The second-order valence-electron chi connectivity index (χ2n) is 4.89. The molecule has 0 spiro atoms. The highest BCUT2D eigenvalue weighted by Crippen LogP contribution is 2.25. The van der Waals surface area contributed by atoms with Crippen molar-refractivity contribution in [2.75, 3.05) is 6.61 Å². The van der Waals surface area contributed by atoms with E-state index in [9.17, 15) is 13.5 Å². The van der Waals surface area contributed by atoms with Crippen molar-refractivity contribution in [2.24, 2.45) is 0 Å². The molecule has 0 unspecified atom stereocenters. The molecule has 5 nitrogen and oxygen atoms in total. The van der Waals surface area contributed by atoms with Gasteiger partial charge >= 0.3 is 0 Å². The Bertz CT molecular complexity index is 683. The predicted molar refractivity (Wildman–Crippen MR) is 87.1 cm³/mol. The zero-order valence-corrected chi connectivity index (χ0v) is 14.5. The quantitative estimate of drug-likeness (QED) is 0.765.